The van der Waals surface area contributed by atoms with Crippen LogP contribution in [0, 0.1) is 11.3 Å². The molecule has 31 heavy (non-hydrogen) atoms. The van der Waals surface area contributed by atoms with E-state index in [4.69, 9.17) is 23.1 Å². The van der Waals surface area contributed by atoms with Crippen molar-refractivity contribution >= 4 is 50.4 Å². The number of rotatable bonds is 4. The van der Waals surface area contributed by atoms with E-state index >= 15 is 0 Å². The number of ketones is 1. The molecule has 0 atom stereocenters. The molecule has 0 amide bonds. The molecule has 0 saturated heterocycles. The van der Waals surface area contributed by atoms with Crippen molar-refractivity contribution in [1.82, 2.24) is 0 Å². The Morgan fingerprint density at radius 3 is 2.32 bits per heavy atom. The maximum absolute atomic E-state index is 13.1. The summed E-state index contributed by atoms with van der Waals surface area (Å²) >= 11 is 7.17. The smallest absolute Gasteiger partial charge is 0.290 e. The third-order valence-corrected chi connectivity index (χ3v) is 6.62. The third-order valence-electron chi connectivity index (χ3n) is 5.25. The highest BCUT2D eigenvalue weighted by Crippen LogP contribution is 2.42. The number of carbonyl (C=O) groups is 1. The number of pyridine rings is 1. The summed E-state index contributed by atoms with van der Waals surface area (Å²) in [7, 11) is 0. The van der Waals surface area contributed by atoms with Gasteiger partial charge in [0.05, 0.1) is 11.1 Å². The summed E-state index contributed by atoms with van der Waals surface area (Å²) in [5.41, 5.74) is 16.4. The van der Waals surface area contributed by atoms with E-state index < -0.39 is 0 Å². The SMILES string of the molecule is CC(C)c1ccc(-c2c(C#N)c(N)[nH+]c3sc(C(=O)c4ccc(Cl)cc4)c(N)c23)cc1. The van der Waals surface area contributed by atoms with E-state index in [2.05, 4.69) is 24.9 Å². The van der Waals surface area contributed by atoms with Crippen molar-refractivity contribution in [2.45, 2.75) is 19.8 Å². The number of aromatic nitrogens is 1. The molecular weight excluding hydrogens is 428 g/mol. The van der Waals surface area contributed by atoms with E-state index in [9.17, 15) is 10.1 Å². The lowest BCUT2D eigenvalue weighted by atomic mass is 9.94. The summed E-state index contributed by atoms with van der Waals surface area (Å²) < 4.78 is 0. The van der Waals surface area contributed by atoms with Crippen LogP contribution in [0.5, 0.6) is 0 Å². The number of nitrogens with one attached hydrogen (secondary N) is 1. The fraction of sp³-hybridized carbons (Fsp3) is 0.125. The second kappa shape index (κ2) is 8.03. The summed E-state index contributed by atoms with van der Waals surface area (Å²) in [6.07, 6.45) is 0. The summed E-state index contributed by atoms with van der Waals surface area (Å²) in [6.45, 7) is 4.24. The zero-order valence-corrected chi connectivity index (χ0v) is 18.6. The normalized spacial score (nSPS) is 11.1. The Morgan fingerprint density at radius 2 is 1.74 bits per heavy atom. The van der Waals surface area contributed by atoms with Gasteiger partial charge >= 0.3 is 0 Å². The topological polar surface area (TPSA) is 107 Å². The summed E-state index contributed by atoms with van der Waals surface area (Å²) in [5, 5.41) is 11.0. The number of nitrogen functional groups attached to an aromatic ring is 2. The monoisotopic (exact) mass is 447 g/mol. The molecule has 5 N–H and O–H groups in total. The van der Waals surface area contributed by atoms with Crippen molar-refractivity contribution in [3.8, 4) is 17.2 Å². The molecule has 0 bridgehead atoms. The Kier molecular flexibility index (Phi) is 5.40. The van der Waals surface area contributed by atoms with Crippen LogP contribution in [0.3, 0.4) is 0 Å². The second-order valence-corrected chi connectivity index (χ2v) is 9.02. The number of anilines is 2. The van der Waals surface area contributed by atoms with Gasteiger partial charge in [-0.2, -0.15) is 5.26 Å². The fourth-order valence-electron chi connectivity index (χ4n) is 3.57. The van der Waals surface area contributed by atoms with Gasteiger partial charge in [0.15, 0.2) is 4.83 Å². The minimum Gasteiger partial charge on any atom is -0.397 e. The van der Waals surface area contributed by atoms with Crippen LogP contribution in [0.4, 0.5) is 11.5 Å². The van der Waals surface area contributed by atoms with Crippen LogP contribution in [-0.2, 0) is 0 Å². The molecule has 4 rings (SSSR count). The van der Waals surface area contributed by atoms with Crippen molar-refractivity contribution in [2.75, 3.05) is 11.5 Å². The molecule has 154 valence electrons. The minimum atomic E-state index is -0.207. The molecule has 0 radical (unpaired) electrons. The Morgan fingerprint density at radius 1 is 1.10 bits per heavy atom. The highest BCUT2D eigenvalue weighted by Gasteiger charge is 2.27. The number of carbonyl (C=O) groups excluding carboxylic acids is 1. The van der Waals surface area contributed by atoms with Gasteiger partial charge in [0, 0.05) is 16.1 Å². The highest BCUT2D eigenvalue weighted by molar-refractivity contribution is 7.21. The molecule has 7 heteroatoms. The maximum Gasteiger partial charge on any atom is 0.290 e. The van der Waals surface area contributed by atoms with E-state index in [0.29, 0.717) is 48.4 Å². The van der Waals surface area contributed by atoms with E-state index in [0.717, 1.165) is 5.56 Å². The first-order valence-electron chi connectivity index (χ1n) is 9.69. The largest absolute Gasteiger partial charge is 0.397 e. The molecule has 0 aliphatic heterocycles. The number of aromatic amines is 1. The van der Waals surface area contributed by atoms with Gasteiger partial charge in [-0.15, -0.1) is 0 Å². The summed E-state index contributed by atoms with van der Waals surface area (Å²) in [6, 6.07) is 16.8. The van der Waals surface area contributed by atoms with Gasteiger partial charge in [-0.25, -0.2) is 4.98 Å². The summed E-state index contributed by atoms with van der Waals surface area (Å²) in [5.74, 6) is 0.417. The first-order valence-corrected chi connectivity index (χ1v) is 10.9. The van der Waals surface area contributed by atoms with E-state index in [1.165, 1.54) is 16.9 Å². The summed E-state index contributed by atoms with van der Waals surface area (Å²) in [4.78, 5) is 17.2. The van der Waals surface area contributed by atoms with Gasteiger partial charge in [0.25, 0.3) is 5.82 Å². The number of hydrogen-bond acceptors (Lipinski definition) is 5. The average molecular weight is 448 g/mol. The van der Waals surface area contributed by atoms with Crippen LogP contribution in [-0.4, -0.2) is 5.78 Å². The van der Waals surface area contributed by atoms with Crippen LogP contribution < -0.4 is 16.5 Å². The zero-order valence-electron chi connectivity index (χ0n) is 17.0. The zero-order chi connectivity index (χ0) is 22.3. The van der Waals surface area contributed by atoms with Crippen LogP contribution >= 0.6 is 22.9 Å². The first-order chi connectivity index (χ1) is 14.8. The van der Waals surface area contributed by atoms with Gasteiger partial charge in [0.2, 0.25) is 5.78 Å². The standard InChI is InChI=1S/C24H19ClN4OS/c1-12(2)13-3-5-14(6-4-13)18-17(11-26)23(28)29-24-19(18)20(27)22(31-24)21(30)15-7-9-16(25)10-8-15/h3-10,12H,27H2,1-2H3,(H2,28,29)/p+1. The van der Waals surface area contributed by atoms with Gasteiger partial charge < -0.3 is 5.73 Å². The van der Waals surface area contributed by atoms with Gasteiger partial charge in [0.1, 0.15) is 16.5 Å². The number of thiophene rings is 1. The van der Waals surface area contributed by atoms with Crippen molar-refractivity contribution in [1.29, 1.82) is 5.26 Å². The molecule has 2 aromatic carbocycles. The van der Waals surface area contributed by atoms with Crippen molar-refractivity contribution < 1.29 is 9.78 Å². The molecular formula is C24H20ClN4OS+. The first kappa shape index (κ1) is 20.9. The Bertz CT molecular complexity index is 1350. The number of H-pyrrole nitrogens is 1. The van der Waals surface area contributed by atoms with E-state index in [1.807, 2.05) is 24.3 Å². The lowest BCUT2D eigenvalue weighted by Gasteiger charge is -2.10. The number of halogens is 1. The Hall–Kier alpha value is -3.40. The molecule has 4 aromatic rings. The molecule has 2 heterocycles. The molecule has 0 fully saturated rings. The Balaban J connectivity index is 1.96. The Labute approximate surface area is 188 Å². The van der Waals surface area contributed by atoms with Crippen LogP contribution in [0.1, 0.15) is 46.1 Å². The third kappa shape index (κ3) is 3.63. The lowest BCUT2D eigenvalue weighted by Crippen LogP contribution is -2.13. The van der Waals surface area contributed by atoms with Crippen LogP contribution in [0.2, 0.25) is 5.02 Å². The molecule has 5 nitrogen and oxygen atoms in total. The van der Waals surface area contributed by atoms with Gasteiger partial charge in [-0.1, -0.05) is 61.1 Å². The van der Waals surface area contributed by atoms with Gasteiger partial charge in [-0.05, 0) is 41.3 Å². The van der Waals surface area contributed by atoms with Crippen LogP contribution in [0.25, 0.3) is 21.3 Å². The van der Waals surface area contributed by atoms with E-state index in [-0.39, 0.29) is 11.6 Å². The average Bonchev–Trinajstić information content (AvgIpc) is 3.08. The number of nitrogens with zero attached hydrogens (tertiary/aromatic N) is 1. The fourth-order valence-corrected chi connectivity index (χ4v) is 4.79. The number of nitrogens with two attached hydrogens (primary N) is 2. The molecule has 0 aliphatic carbocycles. The number of hydrogen-bond donors (Lipinski definition) is 2. The highest BCUT2D eigenvalue weighted by atomic mass is 35.5. The number of benzene rings is 2. The van der Waals surface area contributed by atoms with Crippen LogP contribution in [0.15, 0.2) is 48.5 Å². The number of nitriles is 1. The molecule has 0 saturated carbocycles. The maximum atomic E-state index is 13.1. The second-order valence-electron chi connectivity index (χ2n) is 7.56. The quantitative estimate of drug-likeness (QED) is 0.407. The number of fused-ring (bicyclic) bond motifs is 1. The molecule has 2 aromatic heterocycles. The minimum absolute atomic E-state index is 0.207. The predicted molar refractivity (Wildman–Crippen MR) is 126 cm³/mol. The van der Waals surface area contributed by atoms with Crippen molar-refractivity contribution in [2.24, 2.45) is 0 Å². The van der Waals surface area contributed by atoms with E-state index in [1.54, 1.807) is 24.3 Å². The predicted octanol–water partition coefficient (Wildman–Crippen LogP) is 5.43. The van der Waals surface area contributed by atoms with Crippen molar-refractivity contribution in [3.05, 3.63) is 75.1 Å². The molecule has 0 spiro atoms. The molecule has 0 aliphatic rings. The van der Waals surface area contributed by atoms with Crippen molar-refractivity contribution in [3.63, 3.8) is 0 Å². The lowest BCUT2D eigenvalue weighted by molar-refractivity contribution is -0.323. The van der Waals surface area contributed by atoms with Gasteiger partial charge in [-0.3, -0.25) is 10.5 Å². The molecule has 0 unspecified atom stereocenters.